The Morgan fingerprint density at radius 1 is 0.500 bits per heavy atom. The van der Waals surface area contributed by atoms with Gasteiger partial charge in [0.15, 0.2) is 0 Å². The molecule has 0 aliphatic rings. The molecule has 0 atom stereocenters. The van der Waals surface area contributed by atoms with Gasteiger partial charge in [0.05, 0.1) is 0 Å². The van der Waals surface area contributed by atoms with E-state index in [1.165, 1.54) is 0 Å². The van der Waals surface area contributed by atoms with Gasteiger partial charge in [-0.15, -0.1) is 0 Å². The van der Waals surface area contributed by atoms with Gasteiger partial charge in [-0.25, -0.2) is 0 Å². The van der Waals surface area contributed by atoms with E-state index in [0.29, 0.717) is 0 Å². The minimum absolute atomic E-state index is 0. The van der Waals surface area contributed by atoms with Crippen LogP contribution in [0.25, 0.3) is 0 Å². The normalized spacial score (nSPS) is 0. The Balaban J connectivity index is 0. The summed E-state index contributed by atoms with van der Waals surface area (Å²) in [5.74, 6) is 0. The monoisotopic (exact) mass is 216 g/mol. The largest absolute Gasteiger partial charge is 2.00 e. The van der Waals surface area contributed by atoms with Crippen molar-refractivity contribution in [3.63, 3.8) is 0 Å². The van der Waals surface area contributed by atoms with Crippen LogP contribution in [0.2, 0.25) is 0 Å². The second kappa shape index (κ2) is 52.9. The Kier molecular flexibility index (Phi) is 708. The zero-order valence-corrected chi connectivity index (χ0v) is 11.5. The molecule has 0 radical (unpaired) electrons. The fraction of sp³-hybridized carbons (Fsp3) is 0. The van der Waals surface area contributed by atoms with Crippen LogP contribution in [-0.4, -0.2) is 37.7 Å². The number of hydrogen-bond donors (Lipinski definition) is 0. The van der Waals surface area contributed by atoms with Crippen LogP contribution in [0.3, 0.4) is 0 Å². The Hall–Kier alpha value is 2.39. The summed E-state index contributed by atoms with van der Waals surface area (Å²) in [5, 5.41) is 0. The maximum Gasteiger partial charge on any atom is 2.00 e. The first-order chi connectivity index (χ1) is 0. The van der Waals surface area contributed by atoms with E-state index in [2.05, 4.69) is 0 Å². The summed E-state index contributed by atoms with van der Waals surface area (Å²) in [6.45, 7) is 0. The van der Waals surface area contributed by atoms with Crippen molar-refractivity contribution in [1.29, 1.82) is 0 Å². The van der Waals surface area contributed by atoms with Crippen LogP contribution in [0.5, 0.6) is 0 Å². The molecule has 0 aliphatic carbocycles. The molecule has 0 aromatic heterocycles. The Bertz CT molecular complexity index is 8.75. The van der Waals surface area contributed by atoms with Crippen molar-refractivity contribution in [3.05, 3.63) is 0 Å². The molecule has 0 rings (SSSR count). The van der Waals surface area contributed by atoms with E-state index in [9.17, 15) is 0 Å². The number of rotatable bonds is 0. The van der Waals surface area contributed by atoms with Crippen LogP contribution in [-0.2, 0) is 55.4 Å². The standard InChI is InChI=1S/Ca.3O.2Zn/q+2;3*-2;2*+2. The van der Waals surface area contributed by atoms with Crippen LogP contribution in [0.1, 0.15) is 0 Å². The van der Waals surface area contributed by atoms with Crippen molar-refractivity contribution in [3.8, 4) is 0 Å². The first-order valence-electron chi connectivity index (χ1n) is 0. The maximum atomic E-state index is 0. The average Bonchev–Trinajstić information content (AvgIpc) is 0. The topological polar surface area (TPSA) is 85.5 Å². The van der Waals surface area contributed by atoms with E-state index in [0.717, 1.165) is 0 Å². The summed E-state index contributed by atoms with van der Waals surface area (Å²) in [4.78, 5) is 0. The third-order valence-corrected chi connectivity index (χ3v) is 0. The Morgan fingerprint density at radius 2 is 0.500 bits per heavy atom. The molecule has 0 aromatic rings. The van der Waals surface area contributed by atoms with Crippen LogP contribution in [0.15, 0.2) is 0 Å². The first kappa shape index (κ1) is 80.3. The molecule has 3 nitrogen and oxygen atoms in total. The Labute approximate surface area is 91.7 Å². The molecule has 24 valence electrons. The van der Waals surface area contributed by atoms with Crippen molar-refractivity contribution in [1.82, 2.24) is 0 Å². The summed E-state index contributed by atoms with van der Waals surface area (Å²) < 4.78 is 0. The molecule has 0 amide bonds. The molecule has 0 N–H and O–H groups in total. The van der Waals surface area contributed by atoms with Crippen molar-refractivity contribution < 1.29 is 55.4 Å². The van der Waals surface area contributed by atoms with Crippen molar-refractivity contribution in [2.45, 2.75) is 0 Å². The molecule has 0 saturated carbocycles. The van der Waals surface area contributed by atoms with Gasteiger partial charge < -0.3 is 16.4 Å². The Morgan fingerprint density at radius 3 is 0.500 bits per heavy atom. The van der Waals surface area contributed by atoms with Crippen LogP contribution in [0.4, 0.5) is 0 Å². The predicted octanol–water partition coefficient (Wildman–Crippen LogP) is -0.742. The van der Waals surface area contributed by atoms with Gasteiger partial charge in [-0.3, -0.25) is 0 Å². The summed E-state index contributed by atoms with van der Waals surface area (Å²) in [5.41, 5.74) is 0. The predicted molar refractivity (Wildman–Crippen MR) is 7.81 cm³/mol. The fourth-order valence-corrected chi connectivity index (χ4v) is 0. The summed E-state index contributed by atoms with van der Waals surface area (Å²) in [7, 11) is 0. The smallest absolute Gasteiger partial charge is 2.00 e. The third-order valence-electron chi connectivity index (χ3n) is 0. The van der Waals surface area contributed by atoms with Gasteiger partial charge in [0, 0.05) is 0 Å². The average molecular weight is 219 g/mol. The van der Waals surface area contributed by atoms with E-state index in [1.807, 2.05) is 0 Å². The van der Waals surface area contributed by atoms with E-state index in [1.54, 1.807) is 0 Å². The third kappa shape index (κ3) is 32.5. The van der Waals surface area contributed by atoms with Gasteiger partial charge in [-0.2, -0.15) is 0 Å². The molecule has 0 aromatic carbocycles. The molecular weight excluding hydrogens is 219 g/mol. The maximum absolute atomic E-state index is 0. The zero-order chi connectivity index (χ0) is 0. The van der Waals surface area contributed by atoms with Crippen LogP contribution >= 0.6 is 0 Å². The minimum Gasteiger partial charge on any atom is -2.00 e. The van der Waals surface area contributed by atoms with Gasteiger partial charge in [-0.05, 0) is 0 Å². The first-order valence-corrected chi connectivity index (χ1v) is 0. The second-order valence-corrected chi connectivity index (χ2v) is 0. The molecule has 0 bridgehead atoms. The second-order valence-electron chi connectivity index (χ2n) is 0. The van der Waals surface area contributed by atoms with Gasteiger partial charge in [0.2, 0.25) is 0 Å². The quantitative estimate of drug-likeness (QED) is 0.480. The van der Waals surface area contributed by atoms with Gasteiger partial charge in [0.25, 0.3) is 0 Å². The summed E-state index contributed by atoms with van der Waals surface area (Å²) in [6.07, 6.45) is 0. The number of hydrogen-bond acceptors (Lipinski definition) is 0. The molecule has 0 fully saturated rings. The van der Waals surface area contributed by atoms with E-state index in [4.69, 9.17) is 0 Å². The summed E-state index contributed by atoms with van der Waals surface area (Å²) >= 11 is 0. The van der Waals surface area contributed by atoms with Gasteiger partial charge >= 0.3 is 76.7 Å². The van der Waals surface area contributed by atoms with E-state index in [-0.39, 0.29) is 93.1 Å². The van der Waals surface area contributed by atoms with Crippen molar-refractivity contribution in [2.24, 2.45) is 0 Å². The fourth-order valence-electron chi connectivity index (χ4n) is 0. The molecule has 0 unspecified atom stereocenters. The molecule has 0 heterocycles. The molecule has 0 spiro atoms. The van der Waals surface area contributed by atoms with Crippen molar-refractivity contribution >= 4 is 37.7 Å². The zero-order valence-electron chi connectivity index (χ0n) is 3.35. The van der Waals surface area contributed by atoms with E-state index >= 15 is 0 Å². The molecule has 6 heavy (non-hydrogen) atoms. The van der Waals surface area contributed by atoms with Crippen LogP contribution < -0.4 is 0 Å². The minimum atomic E-state index is 0. The van der Waals surface area contributed by atoms with Gasteiger partial charge in [0.1, 0.15) is 0 Å². The molecule has 0 aliphatic heterocycles. The van der Waals surface area contributed by atoms with Crippen LogP contribution in [0, 0.1) is 0 Å². The summed E-state index contributed by atoms with van der Waals surface area (Å²) in [6, 6.07) is 0. The van der Waals surface area contributed by atoms with E-state index < -0.39 is 0 Å². The van der Waals surface area contributed by atoms with Gasteiger partial charge in [-0.1, -0.05) is 0 Å². The molecule has 0 saturated heterocycles. The van der Waals surface area contributed by atoms with Crippen molar-refractivity contribution in [2.75, 3.05) is 0 Å². The SMILES string of the molecule is [Ca+2].[O-2].[O-2].[O-2].[Zn+2].[Zn+2]. The molecular formula is CaO3Zn2. The molecule has 6 heteroatoms.